The van der Waals surface area contributed by atoms with Crippen molar-refractivity contribution in [3.05, 3.63) is 28.2 Å². The number of carbonyl (C=O) groups excluding carboxylic acids is 2. The lowest BCUT2D eigenvalue weighted by molar-refractivity contribution is -0.137. The van der Waals surface area contributed by atoms with Gasteiger partial charge in [-0.1, -0.05) is 13.8 Å². The highest BCUT2D eigenvalue weighted by atomic mass is 32.1. The minimum atomic E-state index is -0.357. The van der Waals surface area contributed by atoms with Crippen LogP contribution < -0.4 is 0 Å². The molecule has 0 aromatic carbocycles. The monoisotopic (exact) mass is 362 g/mol. The van der Waals surface area contributed by atoms with Gasteiger partial charge in [-0.25, -0.2) is 9.97 Å². The van der Waals surface area contributed by atoms with Crippen LogP contribution in [0.15, 0.2) is 10.9 Å². The Morgan fingerprint density at radius 1 is 1.36 bits per heavy atom. The molecule has 1 N–H and O–H groups in total. The average Bonchev–Trinajstić information content (AvgIpc) is 3.21. The number of aromatic nitrogens is 4. The minimum Gasteiger partial charge on any atom is -0.335 e. The van der Waals surface area contributed by atoms with Crippen LogP contribution in [-0.4, -0.2) is 61.4 Å². The molecule has 0 bridgehead atoms. The Kier molecular flexibility index (Phi) is 5.12. The van der Waals surface area contributed by atoms with E-state index in [9.17, 15) is 9.59 Å². The second-order valence-corrected chi connectivity index (χ2v) is 7.18. The second-order valence-electron chi connectivity index (χ2n) is 6.46. The topological polar surface area (TPSA) is 95.1 Å². The van der Waals surface area contributed by atoms with Gasteiger partial charge < -0.3 is 9.80 Å². The maximum atomic E-state index is 12.7. The van der Waals surface area contributed by atoms with Crippen molar-refractivity contribution in [3.63, 3.8) is 0 Å². The summed E-state index contributed by atoms with van der Waals surface area (Å²) in [7, 11) is 0. The van der Waals surface area contributed by atoms with Gasteiger partial charge in [0, 0.05) is 30.9 Å². The highest BCUT2D eigenvalue weighted by Gasteiger charge is 2.35. The molecule has 3 rings (SSSR count). The Hall–Kier alpha value is -2.29. The molecule has 1 unspecified atom stereocenters. The van der Waals surface area contributed by atoms with Crippen LogP contribution in [0.2, 0.25) is 0 Å². The molecular weight excluding hydrogens is 340 g/mol. The van der Waals surface area contributed by atoms with E-state index in [-0.39, 0.29) is 23.8 Å². The number of aryl methyl sites for hydroxylation is 1. The standard InChI is InChI=1S/C16H22N6O2S/c1-10(2)15(23)22-6-4-5-21(16(24)12-8-25-9-17-12)7-13(22)14-18-11(3)19-20-14/h8-10,13H,4-7H2,1-3H3,(H,18,19,20). The van der Waals surface area contributed by atoms with E-state index < -0.39 is 0 Å². The molecule has 8 nitrogen and oxygen atoms in total. The zero-order valence-electron chi connectivity index (χ0n) is 14.6. The van der Waals surface area contributed by atoms with E-state index >= 15 is 0 Å². The lowest BCUT2D eigenvalue weighted by atomic mass is 10.1. The maximum absolute atomic E-state index is 12.7. The van der Waals surface area contributed by atoms with Crippen molar-refractivity contribution in [2.45, 2.75) is 33.2 Å². The molecule has 134 valence electrons. The van der Waals surface area contributed by atoms with Crippen molar-refractivity contribution in [1.29, 1.82) is 0 Å². The molecule has 1 fully saturated rings. The quantitative estimate of drug-likeness (QED) is 0.896. The molecule has 1 aliphatic rings. The summed E-state index contributed by atoms with van der Waals surface area (Å²) in [6, 6.07) is -0.357. The molecule has 2 aromatic heterocycles. The van der Waals surface area contributed by atoms with E-state index in [1.54, 1.807) is 15.8 Å². The number of amides is 2. The molecule has 0 saturated carbocycles. The van der Waals surface area contributed by atoms with Crippen LogP contribution in [0.4, 0.5) is 0 Å². The molecule has 0 spiro atoms. The normalized spacial score (nSPS) is 18.5. The molecule has 2 aromatic rings. The summed E-state index contributed by atoms with van der Waals surface area (Å²) in [4.78, 5) is 37.5. The first kappa shape index (κ1) is 17.5. The first-order valence-electron chi connectivity index (χ1n) is 8.34. The zero-order chi connectivity index (χ0) is 18.0. The van der Waals surface area contributed by atoms with Gasteiger partial charge in [0.05, 0.1) is 5.51 Å². The van der Waals surface area contributed by atoms with E-state index in [2.05, 4.69) is 20.2 Å². The number of thiazole rings is 1. The second kappa shape index (κ2) is 7.30. The Balaban J connectivity index is 1.90. The number of hydrogen-bond donors (Lipinski definition) is 1. The van der Waals surface area contributed by atoms with E-state index in [4.69, 9.17) is 0 Å². The van der Waals surface area contributed by atoms with Gasteiger partial charge in [0.1, 0.15) is 17.6 Å². The summed E-state index contributed by atoms with van der Waals surface area (Å²) in [5, 5.41) is 8.83. The molecule has 0 aliphatic carbocycles. The van der Waals surface area contributed by atoms with Crippen LogP contribution in [0, 0.1) is 12.8 Å². The number of rotatable bonds is 3. The lowest BCUT2D eigenvalue weighted by Gasteiger charge is -2.31. The number of carbonyl (C=O) groups is 2. The van der Waals surface area contributed by atoms with Gasteiger partial charge in [-0.05, 0) is 13.3 Å². The Morgan fingerprint density at radius 2 is 2.16 bits per heavy atom. The molecule has 1 aliphatic heterocycles. The van der Waals surface area contributed by atoms with Gasteiger partial charge >= 0.3 is 0 Å². The van der Waals surface area contributed by atoms with Crippen LogP contribution in [0.3, 0.4) is 0 Å². The number of aromatic amines is 1. The third-order valence-electron chi connectivity index (χ3n) is 4.22. The fourth-order valence-electron chi connectivity index (χ4n) is 2.98. The summed E-state index contributed by atoms with van der Waals surface area (Å²) >= 11 is 1.39. The van der Waals surface area contributed by atoms with Crippen molar-refractivity contribution in [3.8, 4) is 0 Å². The molecule has 2 amide bonds. The molecule has 3 heterocycles. The highest BCUT2D eigenvalue weighted by molar-refractivity contribution is 7.07. The fraction of sp³-hybridized carbons (Fsp3) is 0.562. The number of nitrogens with one attached hydrogen (secondary N) is 1. The number of nitrogens with zero attached hydrogens (tertiary/aromatic N) is 5. The van der Waals surface area contributed by atoms with Gasteiger partial charge in [-0.3, -0.25) is 14.7 Å². The third kappa shape index (κ3) is 3.71. The van der Waals surface area contributed by atoms with Crippen LogP contribution in [0.25, 0.3) is 0 Å². The molecule has 1 saturated heterocycles. The van der Waals surface area contributed by atoms with Crippen molar-refractivity contribution in [1.82, 2.24) is 30.0 Å². The summed E-state index contributed by atoms with van der Waals surface area (Å²) in [5.41, 5.74) is 2.09. The molecule has 25 heavy (non-hydrogen) atoms. The highest BCUT2D eigenvalue weighted by Crippen LogP contribution is 2.25. The Labute approximate surface area is 150 Å². The smallest absolute Gasteiger partial charge is 0.273 e. The molecule has 0 radical (unpaired) electrons. The third-order valence-corrected chi connectivity index (χ3v) is 4.81. The fourth-order valence-corrected chi connectivity index (χ4v) is 3.50. The predicted octanol–water partition coefficient (Wildman–Crippen LogP) is 1.64. The molecule has 1 atom stereocenters. The van der Waals surface area contributed by atoms with Gasteiger partial charge in [0.25, 0.3) is 5.91 Å². The molecule has 9 heteroatoms. The van der Waals surface area contributed by atoms with Crippen molar-refractivity contribution in [2.75, 3.05) is 19.6 Å². The Bertz CT molecular complexity index is 742. The van der Waals surface area contributed by atoms with Gasteiger partial charge in [0.15, 0.2) is 5.82 Å². The summed E-state index contributed by atoms with van der Waals surface area (Å²) in [6.07, 6.45) is 0.717. The van der Waals surface area contributed by atoms with Crippen LogP contribution in [0.5, 0.6) is 0 Å². The predicted molar refractivity (Wildman–Crippen MR) is 93.0 cm³/mol. The first-order valence-corrected chi connectivity index (χ1v) is 9.28. The Morgan fingerprint density at radius 3 is 2.76 bits per heavy atom. The van der Waals surface area contributed by atoms with Crippen molar-refractivity contribution in [2.24, 2.45) is 5.92 Å². The van der Waals surface area contributed by atoms with Gasteiger partial charge in [0.2, 0.25) is 5.91 Å². The van der Waals surface area contributed by atoms with Crippen molar-refractivity contribution < 1.29 is 9.59 Å². The van der Waals surface area contributed by atoms with E-state index in [0.717, 1.165) is 0 Å². The van der Waals surface area contributed by atoms with E-state index in [1.165, 1.54) is 11.3 Å². The SMILES string of the molecule is Cc1nc(C2CN(C(=O)c3cscn3)CCCN2C(=O)C(C)C)n[nH]1. The minimum absolute atomic E-state index is 0.0513. The van der Waals surface area contributed by atoms with E-state index in [0.29, 0.717) is 43.4 Å². The largest absolute Gasteiger partial charge is 0.335 e. The zero-order valence-corrected chi connectivity index (χ0v) is 15.4. The summed E-state index contributed by atoms with van der Waals surface area (Å²) in [5.74, 6) is 1.05. The average molecular weight is 362 g/mol. The van der Waals surface area contributed by atoms with Gasteiger partial charge in [-0.15, -0.1) is 11.3 Å². The van der Waals surface area contributed by atoms with E-state index in [1.807, 2.05) is 25.7 Å². The first-order chi connectivity index (χ1) is 12.0. The van der Waals surface area contributed by atoms with Crippen LogP contribution in [0.1, 0.15) is 48.4 Å². The summed E-state index contributed by atoms with van der Waals surface area (Å²) in [6.45, 7) is 7.11. The number of hydrogen-bond acceptors (Lipinski definition) is 6. The molecular formula is C16H22N6O2S. The number of H-pyrrole nitrogens is 1. The van der Waals surface area contributed by atoms with Crippen molar-refractivity contribution >= 4 is 23.2 Å². The van der Waals surface area contributed by atoms with Gasteiger partial charge in [-0.2, -0.15) is 5.10 Å². The lowest BCUT2D eigenvalue weighted by Crippen LogP contribution is -2.42. The maximum Gasteiger partial charge on any atom is 0.273 e. The summed E-state index contributed by atoms with van der Waals surface area (Å²) < 4.78 is 0. The van der Waals surface area contributed by atoms with Crippen LogP contribution in [-0.2, 0) is 4.79 Å². The van der Waals surface area contributed by atoms with Crippen LogP contribution >= 0.6 is 11.3 Å².